The van der Waals surface area contributed by atoms with E-state index in [1.807, 2.05) is 38.1 Å². The van der Waals surface area contributed by atoms with Crippen LogP contribution in [0, 0.1) is 6.92 Å². The standard InChI is InChI=1S/C10H14O2.C4H9NO2/c1-8-3-5-10(6-4-8)12-7-9(2)11;1-3-5-4(6)7-2/h3-6,9,11H,7H2,1-2H3;3H2,1-2H3,(H,5,6). The fourth-order valence-corrected chi connectivity index (χ4v) is 1.07. The number of hydrogen-bond donors (Lipinski definition) is 2. The Kier molecular flexibility index (Phi) is 9.26. The number of rotatable bonds is 4. The predicted molar refractivity (Wildman–Crippen MR) is 74.4 cm³/mol. The van der Waals surface area contributed by atoms with Crippen molar-refractivity contribution in [3.05, 3.63) is 29.8 Å². The molecule has 5 heteroatoms. The smallest absolute Gasteiger partial charge is 0.406 e. The Morgan fingerprint density at radius 2 is 1.95 bits per heavy atom. The number of methoxy groups -OCH3 is 1. The lowest BCUT2D eigenvalue weighted by molar-refractivity contribution is 0.122. The van der Waals surface area contributed by atoms with E-state index in [1.54, 1.807) is 6.92 Å². The molecule has 2 N–H and O–H groups in total. The van der Waals surface area contributed by atoms with E-state index in [4.69, 9.17) is 9.84 Å². The summed E-state index contributed by atoms with van der Waals surface area (Å²) >= 11 is 0. The van der Waals surface area contributed by atoms with E-state index < -0.39 is 6.10 Å². The van der Waals surface area contributed by atoms with Crippen molar-refractivity contribution in [1.29, 1.82) is 0 Å². The van der Waals surface area contributed by atoms with Gasteiger partial charge in [-0.25, -0.2) is 4.79 Å². The zero-order valence-corrected chi connectivity index (χ0v) is 12.0. The number of nitrogens with one attached hydrogen (secondary N) is 1. The van der Waals surface area contributed by atoms with Gasteiger partial charge in [-0.1, -0.05) is 17.7 Å². The summed E-state index contributed by atoms with van der Waals surface area (Å²) in [5, 5.41) is 11.4. The second kappa shape index (κ2) is 10.2. The Morgan fingerprint density at radius 3 is 2.32 bits per heavy atom. The average Bonchev–Trinajstić information content (AvgIpc) is 2.39. The van der Waals surface area contributed by atoms with Crippen LogP contribution in [0.4, 0.5) is 4.79 Å². The second-order valence-corrected chi connectivity index (χ2v) is 3.99. The molecule has 19 heavy (non-hydrogen) atoms. The zero-order valence-electron chi connectivity index (χ0n) is 12.0. The topological polar surface area (TPSA) is 67.8 Å². The molecule has 0 aliphatic rings. The molecule has 0 fully saturated rings. The molecule has 1 amide bonds. The molecule has 0 heterocycles. The Morgan fingerprint density at radius 1 is 1.37 bits per heavy atom. The quantitative estimate of drug-likeness (QED) is 0.878. The van der Waals surface area contributed by atoms with Gasteiger partial charge in [0.15, 0.2) is 0 Å². The van der Waals surface area contributed by atoms with Gasteiger partial charge in [-0.2, -0.15) is 0 Å². The van der Waals surface area contributed by atoms with E-state index in [0.717, 1.165) is 5.75 Å². The highest BCUT2D eigenvalue weighted by Crippen LogP contribution is 2.11. The van der Waals surface area contributed by atoms with E-state index in [1.165, 1.54) is 12.7 Å². The number of aliphatic hydroxyl groups excluding tert-OH is 1. The third kappa shape index (κ3) is 9.91. The number of ether oxygens (including phenoxy) is 2. The van der Waals surface area contributed by atoms with Gasteiger partial charge in [0.1, 0.15) is 12.4 Å². The molecular weight excluding hydrogens is 246 g/mol. The van der Waals surface area contributed by atoms with Crippen molar-refractivity contribution in [2.24, 2.45) is 0 Å². The normalized spacial score (nSPS) is 10.8. The number of carbonyl (C=O) groups is 1. The van der Waals surface area contributed by atoms with Crippen LogP contribution in [0.2, 0.25) is 0 Å². The molecule has 1 aromatic carbocycles. The number of benzene rings is 1. The van der Waals surface area contributed by atoms with Gasteiger partial charge in [-0.3, -0.25) is 0 Å². The van der Waals surface area contributed by atoms with Crippen molar-refractivity contribution in [2.75, 3.05) is 20.3 Å². The van der Waals surface area contributed by atoms with Gasteiger partial charge in [0.2, 0.25) is 0 Å². The summed E-state index contributed by atoms with van der Waals surface area (Å²) in [5.74, 6) is 0.807. The molecule has 0 aliphatic carbocycles. The minimum absolute atomic E-state index is 0.350. The molecule has 0 radical (unpaired) electrons. The average molecular weight is 269 g/mol. The maximum absolute atomic E-state index is 10.1. The van der Waals surface area contributed by atoms with Crippen molar-refractivity contribution < 1.29 is 19.4 Å². The Bertz CT molecular complexity index is 349. The van der Waals surface area contributed by atoms with Crippen LogP contribution in [-0.2, 0) is 4.74 Å². The first kappa shape index (κ1) is 17.2. The maximum Gasteiger partial charge on any atom is 0.406 e. The largest absolute Gasteiger partial charge is 0.491 e. The molecule has 1 aromatic rings. The molecule has 108 valence electrons. The monoisotopic (exact) mass is 269 g/mol. The highest BCUT2D eigenvalue weighted by atomic mass is 16.5. The molecule has 0 spiro atoms. The number of alkyl carbamates (subject to hydrolysis) is 1. The summed E-state index contributed by atoms with van der Waals surface area (Å²) in [6.45, 7) is 6.53. The second-order valence-electron chi connectivity index (χ2n) is 3.99. The molecule has 5 nitrogen and oxygen atoms in total. The van der Waals surface area contributed by atoms with Gasteiger partial charge >= 0.3 is 6.09 Å². The fraction of sp³-hybridized carbons (Fsp3) is 0.500. The van der Waals surface area contributed by atoms with Crippen LogP contribution in [0.5, 0.6) is 5.75 Å². The number of hydrogen-bond acceptors (Lipinski definition) is 4. The van der Waals surface area contributed by atoms with Gasteiger partial charge in [-0.05, 0) is 32.9 Å². The van der Waals surface area contributed by atoms with Crippen molar-refractivity contribution >= 4 is 6.09 Å². The first-order valence-corrected chi connectivity index (χ1v) is 6.19. The molecule has 0 aromatic heterocycles. The molecule has 0 saturated carbocycles. The van der Waals surface area contributed by atoms with E-state index in [-0.39, 0.29) is 6.09 Å². The summed E-state index contributed by atoms with van der Waals surface area (Å²) in [4.78, 5) is 10.1. The van der Waals surface area contributed by atoms with Gasteiger partial charge in [-0.15, -0.1) is 0 Å². The number of carbonyl (C=O) groups excluding carboxylic acids is 1. The lowest BCUT2D eigenvalue weighted by Gasteiger charge is -2.07. The molecule has 0 aliphatic heterocycles. The van der Waals surface area contributed by atoms with Gasteiger partial charge in [0, 0.05) is 6.54 Å². The van der Waals surface area contributed by atoms with Crippen LogP contribution in [0.3, 0.4) is 0 Å². The van der Waals surface area contributed by atoms with Crippen LogP contribution in [0.1, 0.15) is 19.4 Å². The van der Waals surface area contributed by atoms with E-state index >= 15 is 0 Å². The SMILES string of the molecule is CCNC(=O)OC.Cc1ccc(OCC(C)O)cc1. The molecule has 0 saturated heterocycles. The predicted octanol–water partition coefficient (Wildman–Crippen LogP) is 2.12. The van der Waals surface area contributed by atoms with Crippen molar-refractivity contribution in [2.45, 2.75) is 26.9 Å². The van der Waals surface area contributed by atoms with Gasteiger partial charge < -0.3 is 19.9 Å². The fourth-order valence-electron chi connectivity index (χ4n) is 1.07. The molecule has 1 rings (SSSR count). The molecule has 1 unspecified atom stereocenters. The highest BCUT2D eigenvalue weighted by molar-refractivity contribution is 5.66. The molecular formula is C14H23NO4. The third-order valence-corrected chi connectivity index (χ3v) is 2.02. The highest BCUT2D eigenvalue weighted by Gasteiger charge is 1.96. The lowest BCUT2D eigenvalue weighted by Crippen LogP contribution is -2.21. The van der Waals surface area contributed by atoms with E-state index in [0.29, 0.717) is 13.2 Å². The van der Waals surface area contributed by atoms with Crippen LogP contribution < -0.4 is 10.1 Å². The first-order valence-electron chi connectivity index (χ1n) is 6.19. The maximum atomic E-state index is 10.1. The number of aliphatic hydroxyl groups is 1. The summed E-state index contributed by atoms with van der Waals surface area (Å²) in [6, 6.07) is 7.77. The van der Waals surface area contributed by atoms with Gasteiger partial charge in [0.25, 0.3) is 0 Å². The number of aryl methyl sites for hydroxylation is 1. The van der Waals surface area contributed by atoms with Crippen LogP contribution in [0.15, 0.2) is 24.3 Å². The summed E-state index contributed by atoms with van der Waals surface area (Å²) < 4.78 is 9.51. The van der Waals surface area contributed by atoms with Crippen LogP contribution in [0.25, 0.3) is 0 Å². The lowest BCUT2D eigenvalue weighted by atomic mass is 10.2. The van der Waals surface area contributed by atoms with Crippen LogP contribution in [-0.4, -0.2) is 37.6 Å². The minimum Gasteiger partial charge on any atom is -0.491 e. The van der Waals surface area contributed by atoms with Gasteiger partial charge in [0.05, 0.1) is 13.2 Å². The Balaban J connectivity index is 0.000000399. The first-order chi connectivity index (χ1) is 8.99. The molecule has 1 atom stereocenters. The molecule has 0 bridgehead atoms. The Hall–Kier alpha value is -1.75. The number of amides is 1. The van der Waals surface area contributed by atoms with E-state index in [9.17, 15) is 4.79 Å². The zero-order chi connectivity index (χ0) is 14.7. The third-order valence-electron chi connectivity index (χ3n) is 2.02. The van der Waals surface area contributed by atoms with Crippen molar-refractivity contribution in [1.82, 2.24) is 5.32 Å². The Labute approximate surface area is 114 Å². The summed E-state index contributed by atoms with van der Waals surface area (Å²) in [6.07, 6.45) is -0.784. The summed E-state index contributed by atoms with van der Waals surface area (Å²) in [7, 11) is 1.34. The summed E-state index contributed by atoms with van der Waals surface area (Å²) in [5.41, 5.74) is 1.21. The van der Waals surface area contributed by atoms with Crippen LogP contribution >= 0.6 is 0 Å². The van der Waals surface area contributed by atoms with Crippen molar-refractivity contribution in [3.8, 4) is 5.75 Å². The minimum atomic E-state index is -0.411. The van der Waals surface area contributed by atoms with E-state index in [2.05, 4.69) is 10.1 Å². The van der Waals surface area contributed by atoms with Crippen molar-refractivity contribution in [3.63, 3.8) is 0 Å².